The first kappa shape index (κ1) is 16.6. The highest BCUT2D eigenvalue weighted by Crippen LogP contribution is 2.35. The number of nitro groups is 1. The number of nitrogens with two attached hydrogens (primary N) is 1. The summed E-state index contributed by atoms with van der Waals surface area (Å²) < 4.78 is 10.5. The van der Waals surface area contributed by atoms with Crippen LogP contribution in [0, 0.1) is 10.1 Å². The molecule has 0 atom stereocenters. The molecule has 0 fully saturated rings. The third kappa shape index (κ3) is 3.89. The number of rotatable bonds is 6. The molecule has 7 nitrogen and oxygen atoms in total. The molecular weight excluding hydrogens is 324 g/mol. The van der Waals surface area contributed by atoms with Gasteiger partial charge in [-0.1, -0.05) is 23.7 Å². The average molecular weight is 337 g/mol. The standard InChI is InChI=1S/C15H13ClN2O5/c1-22-11-4-2-9(3-5-11)8-23-13-7-10(15(17)19)6-12(14(13)16)18(20)21/h2-7H,8H2,1H3,(H2,17,19). The van der Waals surface area contributed by atoms with Gasteiger partial charge in [0.25, 0.3) is 5.69 Å². The molecule has 0 unspecified atom stereocenters. The molecule has 8 heteroatoms. The van der Waals surface area contributed by atoms with Gasteiger partial charge < -0.3 is 15.2 Å². The van der Waals surface area contributed by atoms with Crippen LogP contribution < -0.4 is 15.2 Å². The molecule has 2 rings (SSSR count). The molecule has 0 saturated carbocycles. The molecule has 0 spiro atoms. The number of halogens is 1. The monoisotopic (exact) mass is 336 g/mol. The van der Waals surface area contributed by atoms with Crippen molar-refractivity contribution in [2.24, 2.45) is 5.73 Å². The number of benzene rings is 2. The summed E-state index contributed by atoms with van der Waals surface area (Å²) in [7, 11) is 1.56. The molecule has 2 aromatic carbocycles. The zero-order valence-electron chi connectivity index (χ0n) is 12.1. The third-order valence-electron chi connectivity index (χ3n) is 3.05. The van der Waals surface area contributed by atoms with Crippen molar-refractivity contribution in [1.82, 2.24) is 0 Å². The SMILES string of the molecule is COc1ccc(COc2cc(C(N)=O)cc([N+](=O)[O-])c2Cl)cc1. The predicted octanol–water partition coefficient (Wildman–Crippen LogP) is 2.93. The Morgan fingerprint density at radius 1 is 1.30 bits per heavy atom. The molecule has 0 aromatic heterocycles. The summed E-state index contributed by atoms with van der Waals surface area (Å²) in [6.45, 7) is 0.114. The minimum atomic E-state index is -0.806. The van der Waals surface area contributed by atoms with Crippen LogP contribution >= 0.6 is 11.6 Å². The molecule has 0 saturated heterocycles. The van der Waals surface area contributed by atoms with Crippen LogP contribution in [0.15, 0.2) is 36.4 Å². The zero-order valence-corrected chi connectivity index (χ0v) is 12.9. The Kier molecular flexibility index (Phi) is 5.02. The minimum Gasteiger partial charge on any atom is -0.497 e. The van der Waals surface area contributed by atoms with Crippen molar-refractivity contribution in [2.45, 2.75) is 6.61 Å². The second kappa shape index (κ2) is 6.97. The quantitative estimate of drug-likeness (QED) is 0.645. The number of hydrogen-bond acceptors (Lipinski definition) is 5. The summed E-state index contributed by atoms with van der Waals surface area (Å²) in [5.41, 5.74) is 5.48. The van der Waals surface area contributed by atoms with Gasteiger partial charge >= 0.3 is 0 Å². The Labute approximate surface area is 136 Å². The van der Waals surface area contributed by atoms with Crippen molar-refractivity contribution in [3.63, 3.8) is 0 Å². The second-order valence-corrected chi connectivity index (χ2v) is 4.94. The maximum atomic E-state index is 11.3. The van der Waals surface area contributed by atoms with Crippen LogP contribution in [0.3, 0.4) is 0 Å². The van der Waals surface area contributed by atoms with Crippen LogP contribution in [0.1, 0.15) is 15.9 Å². The van der Waals surface area contributed by atoms with Gasteiger partial charge in [0.05, 0.1) is 12.0 Å². The van der Waals surface area contributed by atoms with Crippen LogP contribution in [-0.2, 0) is 6.61 Å². The first-order chi connectivity index (χ1) is 10.9. The van der Waals surface area contributed by atoms with Gasteiger partial charge in [-0.3, -0.25) is 14.9 Å². The number of hydrogen-bond donors (Lipinski definition) is 1. The summed E-state index contributed by atoms with van der Waals surface area (Å²) in [5.74, 6) is -0.0947. The second-order valence-electron chi connectivity index (χ2n) is 4.57. The highest BCUT2D eigenvalue weighted by Gasteiger charge is 2.21. The van der Waals surface area contributed by atoms with E-state index in [9.17, 15) is 14.9 Å². The summed E-state index contributed by atoms with van der Waals surface area (Å²) in [4.78, 5) is 21.6. The van der Waals surface area contributed by atoms with Gasteiger partial charge in [-0.25, -0.2) is 0 Å². The van der Waals surface area contributed by atoms with Crippen molar-refractivity contribution in [1.29, 1.82) is 0 Å². The van der Waals surface area contributed by atoms with Crippen LogP contribution in [0.25, 0.3) is 0 Å². The molecule has 1 amide bonds. The molecule has 0 heterocycles. The molecule has 0 bridgehead atoms. The van der Waals surface area contributed by atoms with E-state index < -0.39 is 16.5 Å². The Morgan fingerprint density at radius 3 is 2.48 bits per heavy atom. The summed E-state index contributed by atoms with van der Waals surface area (Å²) in [5, 5.41) is 10.8. The fourth-order valence-corrected chi connectivity index (χ4v) is 2.08. The van der Waals surface area contributed by atoms with E-state index in [0.717, 1.165) is 11.6 Å². The van der Waals surface area contributed by atoms with Gasteiger partial charge in [0, 0.05) is 11.6 Å². The van der Waals surface area contributed by atoms with E-state index in [4.69, 9.17) is 26.8 Å². The fraction of sp³-hybridized carbons (Fsp3) is 0.133. The Morgan fingerprint density at radius 2 is 1.96 bits per heavy atom. The largest absolute Gasteiger partial charge is 0.497 e. The number of methoxy groups -OCH3 is 1. The van der Waals surface area contributed by atoms with Gasteiger partial charge in [0.1, 0.15) is 18.1 Å². The van der Waals surface area contributed by atoms with E-state index in [0.29, 0.717) is 5.75 Å². The normalized spacial score (nSPS) is 10.2. The van der Waals surface area contributed by atoms with E-state index in [1.54, 1.807) is 31.4 Å². The Bertz CT molecular complexity index is 746. The van der Waals surface area contributed by atoms with Gasteiger partial charge in [0.2, 0.25) is 5.91 Å². The number of amides is 1. The Balaban J connectivity index is 2.27. The van der Waals surface area contributed by atoms with Crippen LogP contribution in [0.5, 0.6) is 11.5 Å². The number of primary amides is 1. The van der Waals surface area contributed by atoms with Crippen LogP contribution in [0.2, 0.25) is 5.02 Å². The molecule has 120 valence electrons. The first-order valence-corrected chi connectivity index (χ1v) is 6.83. The lowest BCUT2D eigenvalue weighted by molar-refractivity contribution is -0.384. The van der Waals surface area contributed by atoms with Crippen molar-refractivity contribution in [3.05, 3.63) is 62.7 Å². The van der Waals surface area contributed by atoms with Crippen molar-refractivity contribution >= 4 is 23.2 Å². The van der Waals surface area contributed by atoms with Crippen molar-refractivity contribution in [3.8, 4) is 11.5 Å². The van der Waals surface area contributed by atoms with Crippen LogP contribution in [-0.4, -0.2) is 17.9 Å². The molecule has 23 heavy (non-hydrogen) atoms. The van der Waals surface area contributed by atoms with Crippen LogP contribution in [0.4, 0.5) is 5.69 Å². The van der Waals surface area contributed by atoms with Gasteiger partial charge in [-0.15, -0.1) is 0 Å². The highest BCUT2D eigenvalue weighted by molar-refractivity contribution is 6.34. The molecule has 2 aromatic rings. The lowest BCUT2D eigenvalue weighted by Crippen LogP contribution is -2.12. The van der Waals surface area contributed by atoms with E-state index in [1.165, 1.54) is 6.07 Å². The molecule has 0 aliphatic rings. The maximum Gasteiger partial charge on any atom is 0.292 e. The summed E-state index contributed by atoms with van der Waals surface area (Å²) >= 11 is 5.96. The average Bonchev–Trinajstić information content (AvgIpc) is 2.53. The molecule has 0 radical (unpaired) electrons. The lowest BCUT2D eigenvalue weighted by Gasteiger charge is -2.10. The van der Waals surface area contributed by atoms with Gasteiger partial charge in [-0.05, 0) is 23.8 Å². The van der Waals surface area contributed by atoms with E-state index in [2.05, 4.69) is 0 Å². The number of carbonyl (C=O) groups excluding carboxylic acids is 1. The number of nitro benzene ring substituents is 1. The first-order valence-electron chi connectivity index (χ1n) is 6.46. The summed E-state index contributed by atoms with van der Waals surface area (Å²) in [6.07, 6.45) is 0. The maximum absolute atomic E-state index is 11.3. The number of carbonyl (C=O) groups is 1. The zero-order chi connectivity index (χ0) is 17.0. The third-order valence-corrected chi connectivity index (χ3v) is 3.43. The van der Waals surface area contributed by atoms with Crippen molar-refractivity contribution in [2.75, 3.05) is 7.11 Å². The predicted molar refractivity (Wildman–Crippen MR) is 84.0 cm³/mol. The number of ether oxygens (including phenoxy) is 2. The topological polar surface area (TPSA) is 105 Å². The van der Waals surface area contributed by atoms with Gasteiger partial charge in [-0.2, -0.15) is 0 Å². The van der Waals surface area contributed by atoms with E-state index >= 15 is 0 Å². The number of nitrogens with zero attached hydrogens (tertiary/aromatic N) is 1. The molecular formula is C15H13ClN2O5. The fourth-order valence-electron chi connectivity index (χ4n) is 1.85. The minimum absolute atomic E-state index is 0.0190. The summed E-state index contributed by atoms with van der Waals surface area (Å²) in [6, 6.07) is 9.36. The lowest BCUT2D eigenvalue weighted by atomic mass is 10.1. The van der Waals surface area contributed by atoms with E-state index in [-0.39, 0.29) is 22.9 Å². The molecule has 0 aliphatic heterocycles. The van der Waals surface area contributed by atoms with Gasteiger partial charge in [0.15, 0.2) is 5.02 Å². The molecule has 2 N–H and O–H groups in total. The smallest absolute Gasteiger partial charge is 0.292 e. The molecule has 0 aliphatic carbocycles. The Hall–Kier alpha value is -2.80. The highest BCUT2D eigenvalue weighted by atomic mass is 35.5. The van der Waals surface area contributed by atoms with E-state index in [1.807, 2.05) is 0 Å². The van der Waals surface area contributed by atoms with Crippen molar-refractivity contribution < 1.29 is 19.2 Å².